The lowest BCUT2D eigenvalue weighted by Gasteiger charge is -2.22. The first-order valence-corrected chi connectivity index (χ1v) is 7.05. The van der Waals surface area contributed by atoms with Crippen LogP contribution in [0.5, 0.6) is 0 Å². The molecule has 0 amide bonds. The molecule has 0 bridgehead atoms. The molecule has 0 spiro atoms. The minimum atomic E-state index is 0.455. The Hall–Kier alpha value is -0.780. The number of rotatable bonds is 5. The van der Waals surface area contributed by atoms with E-state index in [0.29, 0.717) is 5.41 Å². The summed E-state index contributed by atoms with van der Waals surface area (Å²) in [4.78, 5) is 0. The average Bonchev–Trinajstić information content (AvgIpc) is 2.29. The molecule has 0 heterocycles. The van der Waals surface area contributed by atoms with E-state index >= 15 is 0 Å². The van der Waals surface area contributed by atoms with E-state index < -0.39 is 0 Å². The molecule has 0 heteroatoms. The van der Waals surface area contributed by atoms with Gasteiger partial charge in [-0.15, -0.1) is 0 Å². The standard InChI is InChI=1S/C17H28/c1-6-14-8-10-16(11-9-14)15(7-2)12-13-17(3,4)5/h8-11,15H,6-7,12-13H2,1-5H3. The molecule has 0 fully saturated rings. The van der Waals surface area contributed by atoms with Crippen molar-refractivity contribution in [1.29, 1.82) is 0 Å². The molecule has 0 aromatic heterocycles. The SMILES string of the molecule is CCc1ccc(C(CC)CCC(C)(C)C)cc1. The molecule has 1 unspecified atom stereocenters. The second-order valence-corrected chi connectivity index (χ2v) is 6.30. The molecule has 0 aliphatic heterocycles. The van der Waals surface area contributed by atoms with E-state index in [-0.39, 0.29) is 0 Å². The Morgan fingerprint density at radius 3 is 2.00 bits per heavy atom. The molecule has 96 valence electrons. The van der Waals surface area contributed by atoms with Gasteiger partial charge in [-0.25, -0.2) is 0 Å². The van der Waals surface area contributed by atoms with E-state index in [1.165, 1.54) is 30.4 Å². The van der Waals surface area contributed by atoms with Crippen LogP contribution in [0.15, 0.2) is 24.3 Å². The number of aryl methyl sites for hydroxylation is 1. The summed E-state index contributed by atoms with van der Waals surface area (Å²) >= 11 is 0. The second-order valence-electron chi connectivity index (χ2n) is 6.30. The van der Waals surface area contributed by atoms with Gasteiger partial charge >= 0.3 is 0 Å². The zero-order valence-corrected chi connectivity index (χ0v) is 12.2. The van der Waals surface area contributed by atoms with Crippen LogP contribution in [0.25, 0.3) is 0 Å². The van der Waals surface area contributed by atoms with Gasteiger partial charge in [0.25, 0.3) is 0 Å². The summed E-state index contributed by atoms with van der Waals surface area (Å²) in [6.07, 6.45) is 5.01. The van der Waals surface area contributed by atoms with E-state index in [2.05, 4.69) is 58.9 Å². The van der Waals surface area contributed by atoms with Crippen molar-refractivity contribution in [2.45, 2.75) is 66.2 Å². The van der Waals surface area contributed by atoms with E-state index in [0.717, 1.165) is 12.3 Å². The van der Waals surface area contributed by atoms with Crippen LogP contribution in [0.3, 0.4) is 0 Å². The lowest BCUT2D eigenvalue weighted by atomic mass is 9.83. The van der Waals surface area contributed by atoms with Gasteiger partial charge in [-0.05, 0) is 48.1 Å². The first-order chi connectivity index (χ1) is 7.96. The smallest absolute Gasteiger partial charge is 0.0164 e. The van der Waals surface area contributed by atoms with Crippen LogP contribution in [0, 0.1) is 5.41 Å². The van der Waals surface area contributed by atoms with Crippen molar-refractivity contribution in [3.63, 3.8) is 0 Å². The maximum Gasteiger partial charge on any atom is -0.0164 e. The predicted molar refractivity (Wildman–Crippen MR) is 77.5 cm³/mol. The van der Waals surface area contributed by atoms with E-state index in [1.807, 2.05) is 0 Å². The summed E-state index contributed by atoms with van der Waals surface area (Å²) in [5.74, 6) is 0.736. The molecule has 1 rings (SSSR count). The Kier molecular flexibility index (Phi) is 5.24. The Morgan fingerprint density at radius 2 is 1.59 bits per heavy atom. The molecule has 0 saturated carbocycles. The molecule has 0 N–H and O–H groups in total. The Balaban J connectivity index is 2.66. The number of hydrogen-bond acceptors (Lipinski definition) is 0. The van der Waals surface area contributed by atoms with Crippen LogP contribution in [0.4, 0.5) is 0 Å². The van der Waals surface area contributed by atoms with Crippen molar-refractivity contribution < 1.29 is 0 Å². The lowest BCUT2D eigenvalue weighted by molar-refractivity contribution is 0.346. The van der Waals surface area contributed by atoms with Gasteiger partial charge < -0.3 is 0 Å². The lowest BCUT2D eigenvalue weighted by Crippen LogP contribution is -2.08. The van der Waals surface area contributed by atoms with Crippen LogP contribution < -0.4 is 0 Å². The van der Waals surface area contributed by atoms with Crippen LogP contribution in [-0.4, -0.2) is 0 Å². The monoisotopic (exact) mass is 232 g/mol. The van der Waals surface area contributed by atoms with Crippen LogP contribution in [0.1, 0.15) is 70.9 Å². The van der Waals surface area contributed by atoms with Crippen molar-refractivity contribution in [2.24, 2.45) is 5.41 Å². The summed E-state index contributed by atoms with van der Waals surface area (Å²) in [5.41, 5.74) is 3.42. The minimum absolute atomic E-state index is 0.455. The number of hydrogen-bond donors (Lipinski definition) is 0. The quantitative estimate of drug-likeness (QED) is 0.622. The maximum absolute atomic E-state index is 2.33. The predicted octanol–water partition coefficient (Wildman–Crippen LogP) is 5.57. The van der Waals surface area contributed by atoms with Crippen molar-refractivity contribution in [3.8, 4) is 0 Å². The van der Waals surface area contributed by atoms with Crippen LogP contribution in [0.2, 0.25) is 0 Å². The van der Waals surface area contributed by atoms with Crippen LogP contribution in [-0.2, 0) is 6.42 Å². The summed E-state index contributed by atoms with van der Waals surface area (Å²) in [6, 6.07) is 9.23. The zero-order chi connectivity index (χ0) is 12.9. The van der Waals surface area contributed by atoms with Gasteiger partial charge in [0.05, 0.1) is 0 Å². The highest BCUT2D eigenvalue weighted by atomic mass is 14.2. The van der Waals surface area contributed by atoms with E-state index in [1.54, 1.807) is 0 Å². The highest BCUT2D eigenvalue weighted by Crippen LogP contribution is 2.31. The molecular formula is C17H28. The Bertz CT molecular complexity index is 313. The van der Waals surface area contributed by atoms with Gasteiger partial charge in [0.2, 0.25) is 0 Å². The van der Waals surface area contributed by atoms with Gasteiger partial charge in [-0.3, -0.25) is 0 Å². The minimum Gasteiger partial charge on any atom is -0.0648 e. The summed E-state index contributed by atoms with van der Waals surface area (Å²) in [7, 11) is 0. The first-order valence-electron chi connectivity index (χ1n) is 7.05. The van der Waals surface area contributed by atoms with Gasteiger partial charge in [0.1, 0.15) is 0 Å². The number of benzene rings is 1. The van der Waals surface area contributed by atoms with Gasteiger partial charge in [-0.2, -0.15) is 0 Å². The summed E-state index contributed by atoms with van der Waals surface area (Å²) < 4.78 is 0. The van der Waals surface area contributed by atoms with Crippen LogP contribution >= 0.6 is 0 Å². The molecule has 0 radical (unpaired) electrons. The van der Waals surface area contributed by atoms with Crippen molar-refractivity contribution in [1.82, 2.24) is 0 Å². The fourth-order valence-electron chi connectivity index (χ4n) is 2.24. The third-order valence-electron chi connectivity index (χ3n) is 3.59. The molecule has 1 atom stereocenters. The van der Waals surface area contributed by atoms with Crippen molar-refractivity contribution in [2.75, 3.05) is 0 Å². The molecule has 0 aliphatic rings. The second kappa shape index (κ2) is 6.23. The molecule has 17 heavy (non-hydrogen) atoms. The molecule has 0 aliphatic carbocycles. The largest absolute Gasteiger partial charge is 0.0648 e. The van der Waals surface area contributed by atoms with Crippen molar-refractivity contribution in [3.05, 3.63) is 35.4 Å². The Morgan fingerprint density at radius 1 is 1.00 bits per heavy atom. The highest BCUT2D eigenvalue weighted by Gasteiger charge is 2.15. The topological polar surface area (TPSA) is 0 Å². The van der Waals surface area contributed by atoms with E-state index in [9.17, 15) is 0 Å². The zero-order valence-electron chi connectivity index (χ0n) is 12.2. The molecule has 0 nitrogen and oxygen atoms in total. The maximum atomic E-state index is 2.33. The third kappa shape index (κ3) is 4.93. The Labute approximate surface area is 107 Å². The van der Waals surface area contributed by atoms with Crippen molar-refractivity contribution >= 4 is 0 Å². The summed E-state index contributed by atoms with van der Waals surface area (Å²) in [5, 5.41) is 0. The molecule has 0 saturated heterocycles. The van der Waals surface area contributed by atoms with E-state index in [4.69, 9.17) is 0 Å². The molecular weight excluding hydrogens is 204 g/mol. The average molecular weight is 232 g/mol. The summed E-state index contributed by atoms with van der Waals surface area (Å²) in [6.45, 7) is 11.5. The van der Waals surface area contributed by atoms with Gasteiger partial charge in [0.15, 0.2) is 0 Å². The molecule has 1 aromatic rings. The fourth-order valence-corrected chi connectivity index (χ4v) is 2.24. The first kappa shape index (κ1) is 14.3. The normalized spacial score (nSPS) is 13.7. The fraction of sp³-hybridized carbons (Fsp3) is 0.647. The molecule has 1 aromatic carbocycles. The van der Waals surface area contributed by atoms with Gasteiger partial charge in [0, 0.05) is 0 Å². The third-order valence-corrected chi connectivity index (χ3v) is 3.59. The van der Waals surface area contributed by atoms with Gasteiger partial charge in [-0.1, -0.05) is 58.9 Å². The highest BCUT2D eigenvalue weighted by molar-refractivity contribution is 5.25.